The molecule has 0 aliphatic carbocycles. The molecule has 3 atom stereocenters. The van der Waals surface area contributed by atoms with Gasteiger partial charge in [0.2, 0.25) is 5.91 Å². The van der Waals surface area contributed by atoms with Crippen molar-refractivity contribution in [3.63, 3.8) is 0 Å². The topological polar surface area (TPSA) is 105 Å². The van der Waals surface area contributed by atoms with Crippen LogP contribution in [0.2, 0.25) is 0 Å². The third-order valence-electron chi connectivity index (χ3n) is 5.72. The van der Waals surface area contributed by atoms with Gasteiger partial charge in [-0.25, -0.2) is 0 Å². The Kier molecular flexibility index (Phi) is 6.47. The summed E-state index contributed by atoms with van der Waals surface area (Å²) in [4.78, 5) is 39.9. The summed E-state index contributed by atoms with van der Waals surface area (Å²) in [6.07, 6.45) is -4.66. The number of hydrogen-bond donors (Lipinski definition) is 2. The second kappa shape index (κ2) is 9.34. The normalized spacial score (nSPS) is 20.7. The second-order valence-electron chi connectivity index (χ2n) is 8.05. The Bertz CT molecular complexity index is 1070. The molecule has 0 bridgehead atoms. The molecule has 0 spiro atoms. The molecule has 2 fully saturated rings. The Labute approximate surface area is 192 Å². The van der Waals surface area contributed by atoms with E-state index in [-0.39, 0.29) is 36.2 Å². The Hall–Kier alpha value is -3.60. The van der Waals surface area contributed by atoms with Crippen LogP contribution in [0.15, 0.2) is 48.5 Å². The zero-order valence-electron chi connectivity index (χ0n) is 17.7. The summed E-state index contributed by atoms with van der Waals surface area (Å²) in [5.74, 6) is -1.80. The van der Waals surface area contributed by atoms with E-state index in [0.29, 0.717) is 18.5 Å². The minimum absolute atomic E-state index is 0.0256. The van der Waals surface area contributed by atoms with Gasteiger partial charge >= 0.3 is 6.36 Å². The summed E-state index contributed by atoms with van der Waals surface area (Å²) < 4.78 is 46.3. The van der Waals surface area contributed by atoms with Crippen LogP contribution >= 0.6 is 0 Å². The average Bonchev–Trinajstić information content (AvgIpc) is 3.36. The minimum Gasteiger partial charge on any atom is -0.508 e. The number of likely N-dealkylation sites (tertiary alicyclic amines) is 1. The summed E-state index contributed by atoms with van der Waals surface area (Å²) in [5.41, 5.74) is 0.674. The number of phenolic OH excluding ortho intramolecular Hbond substituents is 1. The molecule has 2 saturated heterocycles. The molecule has 8 nitrogen and oxygen atoms in total. The number of carbonyl (C=O) groups is 3. The molecular weight excluding hydrogens is 457 g/mol. The van der Waals surface area contributed by atoms with Gasteiger partial charge in [0.25, 0.3) is 5.91 Å². The van der Waals surface area contributed by atoms with Gasteiger partial charge in [0.1, 0.15) is 30.2 Å². The second-order valence-corrected chi connectivity index (χ2v) is 8.05. The van der Waals surface area contributed by atoms with Crippen molar-refractivity contribution < 1.29 is 42.1 Å². The van der Waals surface area contributed by atoms with Crippen LogP contribution in [0.4, 0.5) is 13.2 Å². The van der Waals surface area contributed by atoms with E-state index < -0.39 is 36.0 Å². The van der Waals surface area contributed by atoms with Crippen LogP contribution in [0.25, 0.3) is 0 Å². The summed E-state index contributed by atoms with van der Waals surface area (Å²) >= 11 is 0. The van der Waals surface area contributed by atoms with Gasteiger partial charge in [-0.1, -0.05) is 12.1 Å². The van der Waals surface area contributed by atoms with Gasteiger partial charge in [-0.3, -0.25) is 14.4 Å². The van der Waals surface area contributed by atoms with Crippen LogP contribution in [0, 0.1) is 0 Å². The molecule has 4 rings (SSSR count). The van der Waals surface area contributed by atoms with E-state index in [0.717, 1.165) is 24.3 Å². The number of benzene rings is 2. The molecule has 2 heterocycles. The third-order valence-corrected chi connectivity index (χ3v) is 5.72. The number of Topliss-reactive ketones (excluding diaryl/α,β-unsaturated/α-hetero) is 1. The molecular formula is C23H21F3N2O6. The molecule has 0 saturated carbocycles. The largest absolute Gasteiger partial charge is 0.573 e. The monoisotopic (exact) mass is 478 g/mol. The van der Waals surface area contributed by atoms with Gasteiger partial charge < -0.3 is 24.8 Å². The van der Waals surface area contributed by atoms with Crippen molar-refractivity contribution in [3.8, 4) is 11.5 Å². The van der Waals surface area contributed by atoms with Gasteiger partial charge in [-0.05, 0) is 48.4 Å². The molecule has 3 unspecified atom stereocenters. The minimum atomic E-state index is -4.86. The Morgan fingerprint density at radius 2 is 1.82 bits per heavy atom. The number of alkyl halides is 3. The van der Waals surface area contributed by atoms with E-state index in [1.54, 1.807) is 12.1 Å². The van der Waals surface area contributed by atoms with Gasteiger partial charge in [0.05, 0.1) is 6.10 Å². The average molecular weight is 478 g/mol. The van der Waals surface area contributed by atoms with Gasteiger partial charge in [-0.15, -0.1) is 13.2 Å². The Morgan fingerprint density at radius 1 is 1.15 bits per heavy atom. The maximum atomic E-state index is 13.4. The number of amides is 2. The van der Waals surface area contributed by atoms with Gasteiger partial charge in [0, 0.05) is 18.5 Å². The summed E-state index contributed by atoms with van der Waals surface area (Å²) in [6.45, 7) is 0.228. The number of aromatic hydroxyl groups is 1. The summed E-state index contributed by atoms with van der Waals surface area (Å²) in [7, 11) is 0. The molecule has 11 heteroatoms. The van der Waals surface area contributed by atoms with E-state index in [1.165, 1.54) is 17.0 Å². The standard InChI is InChI=1S/C23H21F3N2O6/c24-23(25,26)34-16-7-3-14(4-8-16)21(31)27-17(11-13-1-5-15(29)6-2-13)22(32)28-10-9-19-20(28)18(30)12-33-19/h1-8,17,19-20,29H,9-12H2,(H,27,31). The van der Waals surface area contributed by atoms with Crippen LogP contribution in [0.3, 0.4) is 0 Å². The highest BCUT2D eigenvalue weighted by molar-refractivity contribution is 5.99. The molecule has 0 aromatic heterocycles. The lowest BCUT2D eigenvalue weighted by Gasteiger charge is -2.27. The number of nitrogens with one attached hydrogen (secondary N) is 1. The molecule has 2 aromatic rings. The molecule has 2 N–H and O–H groups in total. The van der Waals surface area contributed by atoms with Crippen LogP contribution in [0.1, 0.15) is 22.3 Å². The molecule has 2 aliphatic rings. The number of rotatable bonds is 6. The van der Waals surface area contributed by atoms with Crippen LogP contribution in [0.5, 0.6) is 11.5 Å². The number of ether oxygens (including phenoxy) is 2. The molecule has 2 aromatic carbocycles. The van der Waals surface area contributed by atoms with Crippen LogP contribution in [-0.2, 0) is 20.7 Å². The highest BCUT2D eigenvalue weighted by Crippen LogP contribution is 2.28. The van der Waals surface area contributed by atoms with Crippen molar-refractivity contribution in [1.29, 1.82) is 0 Å². The van der Waals surface area contributed by atoms with Crippen molar-refractivity contribution >= 4 is 17.6 Å². The zero-order valence-corrected chi connectivity index (χ0v) is 17.7. The fourth-order valence-electron chi connectivity index (χ4n) is 4.16. The van der Waals surface area contributed by atoms with E-state index in [1.807, 2.05) is 0 Å². The molecule has 180 valence electrons. The van der Waals surface area contributed by atoms with Crippen LogP contribution in [-0.4, -0.2) is 65.3 Å². The lowest BCUT2D eigenvalue weighted by atomic mass is 10.0. The number of fused-ring (bicyclic) bond motifs is 1. The van der Waals surface area contributed by atoms with Crippen molar-refractivity contribution in [2.45, 2.75) is 37.4 Å². The molecule has 2 amide bonds. The zero-order chi connectivity index (χ0) is 24.5. The lowest BCUT2D eigenvalue weighted by molar-refractivity contribution is -0.274. The smallest absolute Gasteiger partial charge is 0.508 e. The fraction of sp³-hybridized carbons (Fsp3) is 0.348. The quantitative estimate of drug-likeness (QED) is 0.660. The first-order valence-electron chi connectivity index (χ1n) is 10.5. The maximum absolute atomic E-state index is 13.4. The predicted molar refractivity (Wildman–Crippen MR) is 111 cm³/mol. The number of halogens is 3. The predicted octanol–water partition coefficient (Wildman–Crippen LogP) is 2.20. The number of nitrogens with zero attached hydrogens (tertiary/aromatic N) is 1. The number of ketones is 1. The number of hydrogen-bond acceptors (Lipinski definition) is 6. The first-order chi connectivity index (χ1) is 16.1. The Morgan fingerprint density at radius 3 is 2.47 bits per heavy atom. The van der Waals surface area contributed by atoms with Gasteiger partial charge in [0.15, 0.2) is 5.78 Å². The first-order valence-corrected chi connectivity index (χ1v) is 10.5. The van der Waals surface area contributed by atoms with Crippen molar-refractivity contribution in [2.24, 2.45) is 0 Å². The summed E-state index contributed by atoms with van der Waals surface area (Å²) in [5, 5.41) is 12.1. The molecule has 0 radical (unpaired) electrons. The van der Waals surface area contributed by atoms with Crippen molar-refractivity contribution in [2.75, 3.05) is 13.2 Å². The number of carbonyl (C=O) groups excluding carboxylic acids is 3. The molecule has 34 heavy (non-hydrogen) atoms. The fourth-order valence-corrected chi connectivity index (χ4v) is 4.16. The molecule has 2 aliphatic heterocycles. The van der Waals surface area contributed by atoms with Crippen LogP contribution < -0.4 is 10.1 Å². The summed E-state index contributed by atoms with van der Waals surface area (Å²) in [6, 6.07) is 8.62. The van der Waals surface area contributed by atoms with E-state index in [9.17, 15) is 32.7 Å². The van der Waals surface area contributed by atoms with E-state index in [4.69, 9.17) is 4.74 Å². The van der Waals surface area contributed by atoms with E-state index in [2.05, 4.69) is 10.1 Å². The number of phenols is 1. The SMILES string of the molecule is O=C(NC(Cc1ccc(O)cc1)C(=O)N1CCC2OCC(=O)C21)c1ccc(OC(F)(F)F)cc1. The maximum Gasteiger partial charge on any atom is 0.573 e. The lowest BCUT2D eigenvalue weighted by Crippen LogP contribution is -2.53. The van der Waals surface area contributed by atoms with Crippen molar-refractivity contribution in [3.05, 3.63) is 59.7 Å². The highest BCUT2D eigenvalue weighted by atomic mass is 19.4. The van der Waals surface area contributed by atoms with E-state index >= 15 is 0 Å². The highest BCUT2D eigenvalue weighted by Gasteiger charge is 2.48. The van der Waals surface area contributed by atoms with Crippen molar-refractivity contribution in [1.82, 2.24) is 10.2 Å². The third kappa shape index (κ3) is 5.30. The van der Waals surface area contributed by atoms with Gasteiger partial charge in [-0.2, -0.15) is 0 Å². The Balaban J connectivity index is 1.53. The first kappa shape index (κ1) is 23.6.